The van der Waals surface area contributed by atoms with Gasteiger partial charge in [-0.3, -0.25) is 9.59 Å². The first-order valence-electron chi connectivity index (χ1n) is 10.6. The molecule has 4 heteroatoms. The molecule has 0 bridgehead atoms. The Bertz CT molecular complexity index is 889. The summed E-state index contributed by atoms with van der Waals surface area (Å²) in [6, 6.07) is 18.8. The Hall–Kier alpha value is -2.62. The largest absolute Gasteiger partial charge is 0.348 e. The zero-order valence-corrected chi connectivity index (χ0v) is 17.4. The van der Waals surface area contributed by atoms with Gasteiger partial charge in [0, 0.05) is 33.1 Å². The summed E-state index contributed by atoms with van der Waals surface area (Å²) in [6.07, 6.45) is 4.38. The standard InChI is InChI=1S/C25H30N2O2/c1-26(2)24(29)25(14-7-15-27(18-25)23(28)21-12-13-21)17-19-8-6-11-22(16-19)20-9-4-3-5-10-20/h3-6,8-11,16,21H,7,12-15,17-18H2,1-2H3. The molecule has 2 aromatic carbocycles. The maximum Gasteiger partial charge on any atom is 0.230 e. The van der Waals surface area contributed by atoms with Crippen molar-refractivity contribution in [2.24, 2.45) is 11.3 Å². The van der Waals surface area contributed by atoms with Crippen molar-refractivity contribution in [3.63, 3.8) is 0 Å². The van der Waals surface area contributed by atoms with Crippen LogP contribution in [0.3, 0.4) is 0 Å². The van der Waals surface area contributed by atoms with E-state index in [2.05, 4.69) is 36.4 Å². The van der Waals surface area contributed by atoms with E-state index < -0.39 is 5.41 Å². The van der Waals surface area contributed by atoms with Gasteiger partial charge in [0.15, 0.2) is 0 Å². The number of hydrogen-bond acceptors (Lipinski definition) is 2. The molecule has 1 saturated heterocycles. The van der Waals surface area contributed by atoms with Gasteiger partial charge in [-0.05, 0) is 48.8 Å². The van der Waals surface area contributed by atoms with E-state index in [0.717, 1.165) is 43.4 Å². The highest BCUT2D eigenvalue weighted by Gasteiger charge is 2.46. The van der Waals surface area contributed by atoms with Crippen LogP contribution in [0.4, 0.5) is 0 Å². The minimum Gasteiger partial charge on any atom is -0.348 e. The Labute approximate surface area is 173 Å². The number of amides is 2. The molecule has 1 heterocycles. The van der Waals surface area contributed by atoms with E-state index in [9.17, 15) is 9.59 Å². The molecule has 0 radical (unpaired) electrons. The predicted molar refractivity (Wildman–Crippen MR) is 115 cm³/mol. The molecule has 0 spiro atoms. The number of nitrogens with zero attached hydrogens (tertiary/aromatic N) is 2. The van der Waals surface area contributed by atoms with Gasteiger partial charge in [-0.1, -0.05) is 54.6 Å². The molecule has 2 aliphatic rings. The van der Waals surface area contributed by atoms with E-state index in [4.69, 9.17) is 0 Å². The lowest BCUT2D eigenvalue weighted by Gasteiger charge is -2.43. The van der Waals surface area contributed by atoms with E-state index in [1.54, 1.807) is 4.90 Å². The maximum absolute atomic E-state index is 13.3. The molecule has 2 aromatic rings. The molecule has 1 atom stereocenters. The average molecular weight is 391 g/mol. The van der Waals surface area contributed by atoms with E-state index in [-0.39, 0.29) is 17.7 Å². The summed E-state index contributed by atoms with van der Waals surface area (Å²) >= 11 is 0. The van der Waals surface area contributed by atoms with Crippen molar-refractivity contribution in [2.75, 3.05) is 27.2 Å². The van der Waals surface area contributed by atoms with E-state index in [1.807, 2.05) is 37.2 Å². The minimum absolute atomic E-state index is 0.135. The van der Waals surface area contributed by atoms with Crippen molar-refractivity contribution < 1.29 is 9.59 Å². The number of hydrogen-bond donors (Lipinski definition) is 0. The lowest BCUT2D eigenvalue weighted by molar-refractivity contribution is -0.147. The van der Waals surface area contributed by atoms with Gasteiger partial charge in [-0.2, -0.15) is 0 Å². The molecule has 1 saturated carbocycles. The lowest BCUT2D eigenvalue weighted by Crippen LogP contribution is -2.54. The van der Waals surface area contributed by atoms with Crippen LogP contribution < -0.4 is 0 Å². The zero-order valence-electron chi connectivity index (χ0n) is 17.4. The highest BCUT2D eigenvalue weighted by molar-refractivity contribution is 5.86. The van der Waals surface area contributed by atoms with Crippen LogP contribution in [-0.2, 0) is 16.0 Å². The summed E-state index contributed by atoms with van der Waals surface area (Å²) in [4.78, 5) is 29.7. The van der Waals surface area contributed by atoms with Crippen LogP contribution in [0.1, 0.15) is 31.2 Å². The number of likely N-dealkylation sites (tertiary alicyclic amines) is 1. The van der Waals surface area contributed by atoms with Crippen molar-refractivity contribution in [2.45, 2.75) is 32.1 Å². The fraction of sp³-hybridized carbons (Fsp3) is 0.440. The van der Waals surface area contributed by atoms with Crippen molar-refractivity contribution in [1.82, 2.24) is 9.80 Å². The predicted octanol–water partition coefficient (Wildman–Crippen LogP) is 4.00. The molecule has 0 N–H and O–H groups in total. The normalized spacial score (nSPS) is 21.7. The van der Waals surface area contributed by atoms with Gasteiger partial charge >= 0.3 is 0 Å². The number of rotatable bonds is 5. The number of carbonyl (C=O) groups is 2. The van der Waals surface area contributed by atoms with Gasteiger partial charge in [0.25, 0.3) is 0 Å². The summed E-state index contributed by atoms with van der Waals surface area (Å²) in [5, 5.41) is 0. The second-order valence-corrected chi connectivity index (χ2v) is 8.86. The third-order valence-corrected chi connectivity index (χ3v) is 6.25. The minimum atomic E-state index is -0.540. The number of benzene rings is 2. The SMILES string of the molecule is CN(C)C(=O)C1(Cc2cccc(-c3ccccc3)c2)CCCN(C(=O)C2CC2)C1. The van der Waals surface area contributed by atoms with E-state index >= 15 is 0 Å². The summed E-state index contributed by atoms with van der Waals surface area (Å²) < 4.78 is 0. The van der Waals surface area contributed by atoms with Crippen molar-refractivity contribution >= 4 is 11.8 Å². The molecule has 152 valence electrons. The summed E-state index contributed by atoms with van der Waals surface area (Å²) in [7, 11) is 3.65. The molecule has 2 amide bonds. The fourth-order valence-electron chi connectivity index (χ4n) is 4.66. The van der Waals surface area contributed by atoms with Crippen LogP contribution >= 0.6 is 0 Å². The van der Waals surface area contributed by atoms with Gasteiger partial charge in [-0.15, -0.1) is 0 Å². The molecular weight excluding hydrogens is 360 g/mol. The molecule has 1 unspecified atom stereocenters. The molecular formula is C25H30N2O2. The topological polar surface area (TPSA) is 40.6 Å². The molecule has 4 rings (SSSR count). The Morgan fingerprint density at radius 1 is 1.03 bits per heavy atom. The highest BCUT2D eigenvalue weighted by atomic mass is 16.2. The zero-order chi connectivity index (χ0) is 20.4. The average Bonchev–Trinajstić information content (AvgIpc) is 3.59. The first kappa shape index (κ1) is 19.7. The third-order valence-electron chi connectivity index (χ3n) is 6.25. The number of piperidine rings is 1. The van der Waals surface area contributed by atoms with Crippen molar-refractivity contribution in [3.8, 4) is 11.1 Å². The fourth-order valence-corrected chi connectivity index (χ4v) is 4.66. The van der Waals surface area contributed by atoms with Gasteiger partial charge in [0.2, 0.25) is 11.8 Å². The van der Waals surface area contributed by atoms with E-state index in [0.29, 0.717) is 13.0 Å². The Morgan fingerprint density at radius 2 is 1.76 bits per heavy atom. The van der Waals surface area contributed by atoms with Gasteiger partial charge in [0.1, 0.15) is 0 Å². The molecule has 2 fully saturated rings. The van der Waals surface area contributed by atoms with Gasteiger partial charge in [0.05, 0.1) is 5.41 Å². The first-order valence-corrected chi connectivity index (χ1v) is 10.6. The summed E-state index contributed by atoms with van der Waals surface area (Å²) in [6.45, 7) is 1.32. The quantitative estimate of drug-likeness (QED) is 0.774. The van der Waals surface area contributed by atoms with Crippen LogP contribution in [-0.4, -0.2) is 48.8 Å². The smallest absolute Gasteiger partial charge is 0.230 e. The lowest BCUT2D eigenvalue weighted by atomic mass is 9.73. The maximum atomic E-state index is 13.3. The van der Waals surface area contributed by atoms with E-state index in [1.165, 1.54) is 5.56 Å². The summed E-state index contributed by atoms with van der Waals surface area (Å²) in [5.41, 5.74) is 2.96. The van der Waals surface area contributed by atoms with Crippen LogP contribution in [0.15, 0.2) is 54.6 Å². The second-order valence-electron chi connectivity index (χ2n) is 8.86. The molecule has 0 aromatic heterocycles. The number of carbonyl (C=O) groups excluding carboxylic acids is 2. The van der Waals surface area contributed by atoms with Crippen LogP contribution in [0.2, 0.25) is 0 Å². The van der Waals surface area contributed by atoms with Crippen molar-refractivity contribution in [3.05, 3.63) is 60.2 Å². The van der Waals surface area contributed by atoms with Crippen LogP contribution in [0.25, 0.3) is 11.1 Å². The molecule has 29 heavy (non-hydrogen) atoms. The Kier molecular flexibility index (Phi) is 5.44. The monoisotopic (exact) mass is 390 g/mol. The van der Waals surface area contributed by atoms with Crippen LogP contribution in [0.5, 0.6) is 0 Å². The summed E-state index contributed by atoms with van der Waals surface area (Å²) in [5.74, 6) is 0.580. The van der Waals surface area contributed by atoms with Gasteiger partial charge < -0.3 is 9.80 Å². The Balaban J connectivity index is 1.62. The van der Waals surface area contributed by atoms with Crippen molar-refractivity contribution in [1.29, 1.82) is 0 Å². The third kappa shape index (κ3) is 4.21. The second kappa shape index (κ2) is 8.02. The highest BCUT2D eigenvalue weighted by Crippen LogP contribution is 2.39. The molecule has 1 aliphatic heterocycles. The Morgan fingerprint density at radius 3 is 2.45 bits per heavy atom. The van der Waals surface area contributed by atoms with Crippen LogP contribution in [0, 0.1) is 11.3 Å². The first-order chi connectivity index (χ1) is 14.0. The van der Waals surface area contributed by atoms with Gasteiger partial charge in [-0.25, -0.2) is 0 Å². The molecule has 4 nitrogen and oxygen atoms in total. The molecule has 1 aliphatic carbocycles.